The van der Waals surface area contributed by atoms with Crippen LogP contribution < -0.4 is 0 Å². The molecular weight excluding hydrogens is 352 g/mol. The molecular formula is C20H42O5S. The Labute approximate surface area is 162 Å². The molecule has 0 amide bonds. The van der Waals surface area contributed by atoms with E-state index in [0.29, 0.717) is 13.0 Å². The van der Waals surface area contributed by atoms with Crippen molar-refractivity contribution in [3.05, 3.63) is 0 Å². The van der Waals surface area contributed by atoms with E-state index in [-0.39, 0.29) is 6.61 Å². The molecule has 0 saturated heterocycles. The third-order valence-corrected chi connectivity index (χ3v) is 5.17. The van der Waals surface area contributed by atoms with Crippen molar-refractivity contribution in [3.63, 3.8) is 0 Å². The van der Waals surface area contributed by atoms with Gasteiger partial charge in [0.05, 0.1) is 6.61 Å². The summed E-state index contributed by atoms with van der Waals surface area (Å²) in [5.74, 6) is 0. The maximum absolute atomic E-state index is 10.7. The van der Waals surface area contributed by atoms with E-state index >= 15 is 0 Å². The molecule has 0 rings (SSSR count). The molecule has 5 nitrogen and oxygen atoms in total. The summed E-state index contributed by atoms with van der Waals surface area (Å²) >= 11 is 0. The highest BCUT2D eigenvalue weighted by atomic mass is 32.3. The second kappa shape index (κ2) is 18.2. The van der Waals surface area contributed by atoms with Gasteiger partial charge < -0.3 is 4.74 Å². The van der Waals surface area contributed by atoms with Gasteiger partial charge in [0, 0.05) is 6.61 Å². The van der Waals surface area contributed by atoms with Crippen LogP contribution in [-0.2, 0) is 19.3 Å². The molecule has 1 atom stereocenters. The lowest BCUT2D eigenvalue weighted by Crippen LogP contribution is -2.22. The van der Waals surface area contributed by atoms with Gasteiger partial charge in [0.2, 0.25) is 0 Å². The molecule has 0 aliphatic rings. The van der Waals surface area contributed by atoms with Crippen LogP contribution >= 0.6 is 0 Å². The van der Waals surface area contributed by atoms with Gasteiger partial charge in [0.15, 0.2) is 0 Å². The summed E-state index contributed by atoms with van der Waals surface area (Å²) in [5.41, 5.74) is 0. The van der Waals surface area contributed by atoms with Crippen LogP contribution in [0.4, 0.5) is 0 Å². The van der Waals surface area contributed by atoms with E-state index in [1.807, 2.05) is 0 Å². The average Bonchev–Trinajstić information content (AvgIpc) is 2.59. The summed E-state index contributed by atoms with van der Waals surface area (Å²) in [4.78, 5) is 0. The highest BCUT2D eigenvalue weighted by molar-refractivity contribution is 7.80. The molecule has 6 heteroatoms. The van der Waals surface area contributed by atoms with Crippen molar-refractivity contribution in [1.82, 2.24) is 0 Å². The van der Waals surface area contributed by atoms with Gasteiger partial charge in [0.1, 0.15) is 6.10 Å². The Hall–Kier alpha value is -0.170. The minimum Gasteiger partial charge on any atom is -0.379 e. The van der Waals surface area contributed by atoms with Gasteiger partial charge in [-0.2, -0.15) is 8.42 Å². The van der Waals surface area contributed by atoms with Crippen LogP contribution in [0.3, 0.4) is 0 Å². The van der Waals surface area contributed by atoms with Crippen molar-refractivity contribution in [3.8, 4) is 0 Å². The lowest BCUT2D eigenvalue weighted by molar-refractivity contribution is 0.0437. The van der Waals surface area contributed by atoms with E-state index in [2.05, 4.69) is 11.1 Å². The second-order valence-corrected chi connectivity index (χ2v) is 8.27. The minimum absolute atomic E-state index is 0.203. The first kappa shape index (κ1) is 25.8. The Morgan fingerprint density at radius 1 is 0.731 bits per heavy atom. The lowest BCUT2D eigenvalue weighted by atomic mass is 10.0. The molecule has 0 aromatic rings. The molecule has 0 saturated carbocycles. The molecule has 0 aliphatic heterocycles. The molecule has 1 N–H and O–H groups in total. The average molecular weight is 395 g/mol. The summed E-state index contributed by atoms with van der Waals surface area (Å²) in [6, 6.07) is 0. The molecule has 0 bridgehead atoms. The Morgan fingerprint density at radius 3 is 1.54 bits per heavy atom. The van der Waals surface area contributed by atoms with Crippen molar-refractivity contribution in [2.75, 3.05) is 13.2 Å². The molecule has 158 valence electrons. The van der Waals surface area contributed by atoms with E-state index in [9.17, 15) is 8.42 Å². The maximum Gasteiger partial charge on any atom is 0.397 e. The molecule has 0 spiro atoms. The second-order valence-electron chi connectivity index (χ2n) is 7.23. The van der Waals surface area contributed by atoms with E-state index in [1.54, 1.807) is 6.92 Å². The Morgan fingerprint density at radius 2 is 1.15 bits per heavy atom. The predicted octanol–water partition coefficient (Wildman–Crippen LogP) is 6.08. The van der Waals surface area contributed by atoms with Crippen LogP contribution in [0.25, 0.3) is 0 Å². The van der Waals surface area contributed by atoms with Crippen LogP contribution in [0.5, 0.6) is 0 Å². The molecule has 0 heterocycles. The van der Waals surface area contributed by atoms with Crippen molar-refractivity contribution >= 4 is 10.4 Å². The summed E-state index contributed by atoms with van der Waals surface area (Å²) in [5, 5.41) is 0. The van der Waals surface area contributed by atoms with Crippen molar-refractivity contribution < 1.29 is 21.9 Å². The predicted molar refractivity (Wildman–Crippen MR) is 108 cm³/mol. The summed E-state index contributed by atoms with van der Waals surface area (Å²) in [7, 11) is -4.39. The fourth-order valence-electron chi connectivity index (χ4n) is 3.00. The van der Waals surface area contributed by atoms with Crippen LogP contribution in [0.15, 0.2) is 0 Å². The lowest BCUT2D eigenvalue weighted by Gasteiger charge is -2.13. The summed E-state index contributed by atoms with van der Waals surface area (Å²) in [6.45, 7) is 4.88. The van der Waals surface area contributed by atoms with Crippen molar-refractivity contribution in [2.45, 2.75) is 116 Å². The smallest absolute Gasteiger partial charge is 0.379 e. The van der Waals surface area contributed by atoms with Crippen LogP contribution in [0.2, 0.25) is 0 Å². The molecule has 1 unspecified atom stereocenters. The van der Waals surface area contributed by atoms with Gasteiger partial charge in [-0.1, -0.05) is 97.3 Å². The fourth-order valence-corrected chi connectivity index (χ4v) is 3.53. The SMILES string of the molecule is CCCCCCCCCCCCCCCCOCC(CC)OS(=O)(=O)O. The third kappa shape index (κ3) is 20.1. The standard InChI is InChI=1S/C20H42O5S/c1-3-5-6-7-8-9-10-11-12-13-14-15-16-17-18-24-19-20(4-2)25-26(21,22)23/h20H,3-19H2,1-2H3,(H,21,22,23). The largest absolute Gasteiger partial charge is 0.397 e. The first-order valence-electron chi connectivity index (χ1n) is 10.7. The molecule has 0 fully saturated rings. The number of hydrogen-bond acceptors (Lipinski definition) is 4. The monoisotopic (exact) mass is 394 g/mol. The summed E-state index contributed by atoms with van der Waals surface area (Å²) < 4.78 is 39.9. The number of unbranched alkanes of at least 4 members (excludes halogenated alkanes) is 13. The quantitative estimate of drug-likeness (QED) is 0.200. The van der Waals surface area contributed by atoms with Crippen molar-refractivity contribution in [1.29, 1.82) is 0 Å². The van der Waals surface area contributed by atoms with Gasteiger partial charge in [-0.05, 0) is 12.8 Å². The van der Waals surface area contributed by atoms with Gasteiger partial charge >= 0.3 is 10.4 Å². The zero-order chi connectivity index (χ0) is 19.5. The Bertz CT molecular complexity index is 384. The summed E-state index contributed by atoms with van der Waals surface area (Å²) in [6.07, 6.45) is 18.4. The van der Waals surface area contributed by atoms with Crippen LogP contribution in [-0.4, -0.2) is 32.3 Å². The van der Waals surface area contributed by atoms with Gasteiger partial charge in [-0.3, -0.25) is 4.55 Å². The topological polar surface area (TPSA) is 72.8 Å². The molecule has 0 aromatic carbocycles. The highest BCUT2D eigenvalue weighted by Crippen LogP contribution is 2.13. The zero-order valence-electron chi connectivity index (χ0n) is 17.1. The minimum atomic E-state index is -4.39. The van der Waals surface area contributed by atoms with E-state index in [1.165, 1.54) is 77.0 Å². The number of hydrogen-bond donors (Lipinski definition) is 1. The molecule has 0 aliphatic carbocycles. The first-order chi connectivity index (χ1) is 12.5. The Kier molecular flexibility index (Phi) is 18.1. The molecule has 26 heavy (non-hydrogen) atoms. The fraction of sp³-hybridized carbons (Fsp3) is 1.00. The van der Waals surface area contributed by atoms with Gasteiger partial charge in [-0.25, -0.2) is 4.18 Å². The normalized spacial score (nSPS) is 13.2. The van der Waals surface area contributed by atoms with Crippen molar-refractivity contribution in [2.24, 2.45) is 0 Å². The van der Waals surface area contributed by atoms with Crippen LogP contribution in [0, 0.1) is 0 Å². The Balaban J connectivity index is 3.24. The van der Waals surface area contributed by atoms with E-state index in [4.69, 9.17) is 9.29 Å². The highest BCUT2D eigenvalue weighted by Gasteiger charge is 2.15. The number of ether oxygens (including phenoxy) is 1. The molecule has 0 aromatic heterocycles. The zero-order valence-corrected chi connectivity index (χ0v) is 17.9. The van der Waals surface area contributed by atoms with E-state index < -0.39 is 16.5 Å². The number of rotatable bonds is 20. The molecule has 0 radical (unpaired) electrons. The van der Waals surface area contributed by atoms with Gasteiger partial charge in [0.25, 0.3) is 0 Å². The van der Waals surface area contributed by atoms with Gasteiger partial charge in [-0.15, -0.1) is 0 Å². The first-order valence-corrected chi connectivity index (χ1v) is 12.1. The third-order valence-electron chi connectivity index (χ3n) is 4.66. The van der Waals surface area contributed by atoms with E-state index in [0.717, 1.165) is 12.8 Å². The van der Waals surface area contributed by atoms with Crippen LogP contribution in [0.1, 0.15) is 110 Å². The maximum atomic E-state index is 10.7.